The van der Waals surface area contributed by atoms with Crippen LogP contribution in [-0.2, 0) is 9.08 Å². The molecule has 0 radical (unpaired) electrons. The molecule has 1 aromatic rings. The summed E-state index contributed by atoms with van der Waals surface area (Å²) < 4.78 is 59.7. The lowest BCUT2D eigenvalue weighted by Gasteiger charge is -2.19. The molecule has 0 aliphatic rings. The highest BCUT2D eigenvalue weighted by molar-refractivity contribution is 7.96. The summed E-state index contributed by atoms with van der Waals surface area (Å²) in [5.41, 5.74) is 5.41. The van der Waals surface area contributed by atoms with Gasteiger partial charge in [0.25, 0.3) is 0 Å². The van der Waals surface area contributed by atoms with Crippen LogP contribution in [0.5, 0.6) is 0 Å². The van der Waals surface area contributed by atoms with Crippen molar-refractivity contribution in [2.45, 2.75) is 6.92 Å². The Balaban J connectivity index is 2.54. The quantitative estimate of drug-likeness (QED) is 0.0953. The van der Waals surface area contributed by atoms with Gasteiger partial charge in [0.1, 0.15) is 23.6 Å². The van der Waals surface area contributed by atoms with Gasteiger partial charge in [0.15, 0.2) is 23.3 Å². The average Bonchev–Trinajstić information content (AvgIpc) is 2.54. The zero-order valence-corrected chi connectivity index (χ0v) is 13.7. The second kappa shape index (κ2) is 8.76. The predicted octanol–water partition coefficient (Wildman–Crippen LogP) is 2.04. The Bertz CT molecular complexity index is 616. The summed E-state index contributed by atoms with van der Waals surface area (Å²) in [6.07, 6.45) is 0. The first-order chi connectivity index (χ1) is 11.2. The highest BCUT2D eigenvalue weighted by Gasteiger charge is 2.26. The third-order valence-corrected chi connectivity index (χ3v) is 3.30. The Morgan fingerprint density at radius 2 is 1.75 bits per heavy atom. The predicted molar refractivity (Wildman–Crippen MR) is 83.6 cm³/mol. The van der Waals surface area contributed by atoms with Crippen LogP contribution in [0.1, 0.15) is 6.92 Å². The molecule has 6 nitrogen and oxygen atoms in total. The van der Waals surface area contributed by atoms with Crippen molar-refractivity contribution in [1.29, 1.82) is 0 Å². The summed E-state index contributed by atoms with van der Waals surface area (Å²) in [5.74, 6) is -6.99. The SMILES string of the molecule is C=C(C)C(=O)NCCNOSN(C)c1c(F)c(F)c(N)c(F)c1F. The average molecular weight is 368 g/mol. The van der Waals surface area contributed by atoms with Crippen LogP contribution in [0.4, 0.5) is 28.9 Å². The summed E-state index contributed by atoms with van der Waals surface area (Å²) in [5, 5.41) is 2.50. The van der Waals surface area contributed by atoms with Crippen LogP contribution >= 0.6 is 12.2 Å². The van der Waals surface area contributed by atoms with E-state index in [2.05, 4.69) is 17.4 Å². The standard InChI is InChI=1S/C13H16F4N4O2S/c1-6(2)13(22)19-4-5-20-23-24-21(3)12-9(16)7(14)11(18)8(15)10(12)17/h20H,1,4-5,18H2,2-3H3,(H,19,22). The van der Waals surface area contributed by atoms with Gasteiger partial charge < -0.3 is 11.1 Å². The zero-order valence-electron chi connectivity index (χ0n) is 12.9. The molecule has 0 saturated carbocycles. The molecule has 0 aromatic heterocycles. The number of nitrogens with one attached hydrogen (secondary N) is 2. The summed E-state index contributed by atoms with van der Waals surface area (Å²) in [4.78, 5) is 11.2. The smallest absolute Gasteiger partial charge is 0.246 e. The van der Waals surface area contributed by atoms with Gasteiger partial charge in [0, 0.05) is 25.7 Å². The number of amides is 1. The Morgan fingerprint density at radius 3 is 2.25 bits per heavy atom. The number of hydroxylamine groups is 1. The molecule has 0 heterocycles. The highest BCUT2D eigenvalue weighted by atomic mass is 32.2. The van der Waals surface area contributed by atoms with Gasteiger partial charge in [-0.05, 0) is 6.92 Å². The first kappa shape index (κ1) is 20.1. The molecule has 1 aromatic carbocycles. The van der Waals surface area contributed by atoms with E-state index >= 15 is 0 Å². The van der Waals surface area contributed by atoms with Crippen LogP contribution < -0.4 is 20.8 Å². The molecule has 0 spiro atoms. The summed E-state index contributed by atoms with van der Waals surface area (Å²) in [6, 6.07) is 0. The molecule has 0 saturated heterocycles. The summed E-state index contributed by atoms with van der Waals surface area (Å²) in [7, 11) is 1.13. The normalized spacial score (nSPS) is 10.6. The van der Waals surface area contributed by atoms with Gasteiger partial charge in [0.2, 0.25) is 5.91 Å². The number of nitrogens with two attached hydrogens (primary N) is 1. The minimum atomic E-state index is -1.69. The number of benzene rings is 1. The Hall–Kier alpha value is -1.98. The van der Waals surface area contributed by atoms with E-state index in [1.807, 2.05) is 0 Å². The third-order valence-electron chi connectivity index (χ3n) is 2.70. The van der Waals surface area contributed by atoms with Crippen LogP contribution in [-0.4, -0.2) is 26.0 Å². The van der Waals surface area contributed by atoms with E-state index in [1.165, 1.54) is 6.92 Å². The minimum Gasteiger partial charge on any atom is -0.394 e. The molecule has 0 unspecified atom stereocenters. The van der Waals surface area contributed by atoms with Crippen molar-refractivity contribution in [3.63, 3.8) is 0 Å². The molecule has 0 fully saturated rings. The second-order valence-electron chi connectivity index (χ2n) is 4.60. The largest absolute Gasteiger partial charge is 0.394 e. The molecule has 134 valence electrons. The molecule has 1 amide bonds. The lowest BCUT2D eigenvalue weighted by Crippen LogP contribution is -2.31. The highest BCUT2D eigenvalue weighted by Crippen LogP contribution is 2.34. The number of halogens is 4. The van der Waals surface area contributed by atoms with Gasteiger partial charge in [-0.25, -0.2) is 21.8 Å². The molecule has 1 rings (SSSR count). The van der Waals surface area contributed by atoms with Gasteiger partial charge >= 0.3 is 0 Å². The number of nitrogens with zero attached hydrogens (tertiary/aromatic N) is 1. The van der Waals surface area contributed by atoms with Crippen molar-refractivity contribution < 1.29 is 26.6 Å². The fourth-order valence-corrected chi connectivity index (χ4v) is 1.94. The number of anilines is 2. The van der Waals surface area contributed by atoms with E-state index in [0.717, 1.165) is 11.4 Å². The number of rotatable bonds is 8. The van der Waals surface area contributed by atoms with E-state index in [4.69, 9.17) is 10.0 Å². The van der Waals surface area contributed by atoms with Crippen LogP contribution in [0, 0.1) is 23.3 Å². The van der Waals surface area contributed by atoms with Gasteiger partial charge in [-0.3, -0.25) is 9.10 Å². The molecule has 11 heteroatoms. The van der Waals surface area contributed by atoms with Crippen LogP contribution in [0.3, 0.4) is 0 Å². The second-order valence-corrected chi connectivity index (χ2v) is 5.47. The zero-order chi connectivity index (χ0) is 18.4. The third kappa shape index (κ3) is 4.76. The molecule has 24 heavy (non-hydrogen) atoms. The van der Waals surface area contributed by atoms with Crippen molar-refractivity contribution in [2.24, 2.45) is 0 Å². The maximum Gasteiger partial charge on any atom is 0.246 e. The monoisotopic (exact) mass is 368 g/mol. The number of carbonyl (C=O) groups excluding carboxylic acids is 1. The van der Waals surface area contributed by atoms with E-state index < -0.39 is 34.6 Å². The summed E-state index contributed by atoms with van der Waals surface area (Å²) >= 11 is 0.384. The van der Waals surface area contributed by atoms with Gasteiger partial charge in [-0.1, -0.05) is 6.58 Å². The molecular weight excluding hydrogens is 352 g/mol. The molecule has 0 bridgehead atoms. The Kier molecular flexibility index (Phi) is 7.32. The Morgan fingerprint density at radius 1 is 1.21 bits per heavy atom. The van der Waals surface area contributed by atoms with Crippen LogP contribution in [0.2, 0.25) is 0 Å². The Labute approximate surface area is 140 Å². The number of hydrogen-bond donors (Lipinski definition) is 3. The lowest BCUT2D eigenvalue weighted by atomic mass is 10.2. The number of nitrogen functional groups attached to an aromatic ring is 1. The maximum absolute atomic E-state index is 13.7. The first-order valence-corrected chi connectivity index (χ1v) is 7.23. The van der Waals surface area contributed by atoms with Gasteiger partial charge in [0.05, 0.1) is 0 Å². The van der Waals surface area contributed by atoms with E-state index in [9.17, 15) is 22.4 Å². The van der Waals surface area contributed by atoms with Gasteiger partial charge in [-0.2, -0.15) is 5.48 Å². The maximum atomic E-state index is 13.7. The van der Waals surface area contributed by atoms with Crippen molar-refractivity contribution >= 4 is 29.5 Å². The number of carbonyl (C=O) groups is 1. The summed E-state index contributed by atoms with van der Waals surface area (Å²) in [6.45, 7) is 5.35. The number of hydrogen-bond acceptors (Lipinski definition) is 6. The molecule has 0 atom stereocenters. The molecular formula is C13H16F4N4O2S. The first-order valence-electron chi connectivity index (χ1n) is 6.53. The topological polar surface area (TPSA) is 79.6 Å². The van der Waals surface area contributed by atoms with E-state index in [0.29, 0.717) is 17.8 Å². The fourth-order valence-electron chi connectivity index (χ4n) is 1.45. The molecule has 0 aliphatic carbocycles. The fraction of sp³-hybridized carbons (Fsp3) is 0.308. The minimum absolute atomic E-state index is 0.162. The van der Waals surface area contributed by atoms with Gasteiger partial charge in [-0.15, -0.1) is 0 Å². The van der Waals surface area contributed by atoms with Crippen molar-refractivity contribution in [1.82, 2.24) is 10.8 Å². The van der Waals surface area contributed by atoms with Crippen LogP contribution in [0.15, 0.2) is 12.2 Å². The van der Waals surface area contributed by atoms with Crippen molar-refractivity contribution in [2.75, 3.05) is 30.2 Å². The van der Waals surface area contributed by atoms with E-state index in [-0.39, 0.29) is 19.0 Å². The van der Waals surface area contributed by atoms with Crippen molar-refractivity contribution in [3.05, 3.63) is 35.4 Å². The lowest BCUT2D eigenvalue weighted by molar-refractivity contribution is -0.117. The molecule has 4 N–H and O–H groups in total. The molecule has 0 aliphatic heterocycles. The van der Waals surface area contributed by atoms with Crippen LogP contribution in [0.25, 0.3) is 0 Å². The van der Waals surface area contributed by atoms with E-state index in [1.54, 1.807) is 0 Å². The van der Waals surface area contributed by atoms with Crippen molar-refractivity contribution in [3.8, 4) is 0 Å².